The maximum Gasteiger partial charge on any atom is 0.232 e. The summed E-state index contributed by atoms with van der Waals surface area (Å²) in [7, 11) is 0. The van der Waals surface area contributed by atoms with E-state index in [1.54, 1.807) is 6.07 Å². The van der Waals surface area contributed by atoms with Gasteiger partial charge in [-0.2, -0.15) is 0 Å². The molecule has 4 heteroatoms. The van der Waals surface area contributed by atoms with Crippen molar-refractivity contribution in [2.45, 2.75) is 44.4 Å². The average molecular weight is 298 g/mol. The Morgan fingerprint density at radius 2 is 1.89 bits per heavy atom. The number of nitrogens with one attached hydrogen (secondary N) is 1. The molecular formula is C15H17Cl2NO. The standard InChI is InChI=1S/C15H17Cl2NO/c16-10-7-11-12(6-9-4-2-1-3-5-9)15(19)18-14(11)13(17)8-10/h7-9,12H,1-6H2,(H,18,19). The van der Waals surface area contributed by atoms with Crippen molar-refractivity contribution in [1.29, 1.82) is 0 Å². The topological polar surface area (TPSA) is 29.1 Å². The number of fused-ring (bicyclic) bond motifs is 1. The first kappa shape index (κ1) is 13.3. The van der Waals surface area contributed by atoms with E-state index in [0.717, 1.165) is 17.7 Å². The first-order chi connectivity index (χ1) is 9.15. The molecule has 0 spiro atoms. The second kappa shape index (κ2) is 5.34. The minimum atomic E-state index is -0.0747. The molecule has 1 aliphatic carbocycles. The van der Waals surface area contributed by atoms with Gasteiger partial charge in [0.15, 0.2) is 0 Å². The normalized spacial score (nSPS) is 23.3. The molecule has 0 bridgehead atoms. The van der Waals surface area contributed by atoms with Gasteiger partial charge in [-0.05, 0) is 30.0 Å². The maximum atomic E-state index is 12.2. The Bertz CT molecular complexity index is 509. The summed E-state index contributed by atoms with van der Waals surface area (Å²) < 4.78 is 0. The predicted molar refractivity (Wildman–Crippen MR) is 79.0 cm³/mol. The van der Waals surface area contributed by atoms with Crippen LogP contribution in [-0.2, 0) is 4.79 Å². The summed E-state index contributed by atoms with van der Waals surface area (Å²) >= 11 is 12.2. The van der Waals surface area contributed by atoms with Crippen molar-refractivity contribution in [3.8, 4) is 0 Å². The average Bonchev–Trinajstić information content (AvgIpc) is 2.69. The Balaban J connectivity index is 1.85. The van der Waals surface area contributed by atoms with Crippen molar-refractivity contribution >= 4 is 34.8 Å². The molecule has 1 aromatic carbocycles. The molecule has 2 nitrogen and oxygen atoms in total. The molecule has 3 rings (SSSR count). The van der Waals surface area contributed by atoms with Crippen LogP contribution in [0.25, 0.3) is 0 Å². The van der Waals surface area contributed by atoms with Crippen LogP contribution in [-0.4, -0.2) is 5.91 Å². The molecule has 102 valence electrons. The fourth-order valence-corrected chi connectivity index (χ4v) is 3.90. The van der Waals surface area contributed by atoms with Crippen LogP contribution in [0.1, 0.15) is 50.0 Å². The Labute approximate surface area is 123 Å². The van der Waals surface area contributed by atoms with E-state index in [9.17, 15) is 4.79 Å². The summed E-state index contributed by atoms with van der Waals surface area (Å²) in [6, 6.07) is 3.57. The summed E-state index contributed by atoms with van der Waals surface area (Å²) in [4.78, 5) is 12.2. The van der Waals surface area contributed by atoms with Gasteiger partial charge in [-0.1, -0.05) is 55.3 Å². The zero-order valence-corrected chi connectivity index (χ0v) is 12.2. The Hall–Kier alpha value is -0.730. The molecule has 1 amide bonds. The monoisotopic (exact) mass is 297 g/mol. The number of carbonyl (C=O) groups excluding carboxylic acids is 1. The highest BCUT2D eigenvalue weighted by Gasteiger charge is 2.34. The number of rotatable bonds is 2. The van der Waals surface area contributed by atoms with Gasteiger partial charge in [0.1, 0.15) is 0 Å². The summed E-state index contributed by atoms with van der Waals surface area (Å²) in [6.45, 7) is 0. The zero-order chi connectivity index (χ0) is 13.4. The second-order valence-electron chi connectivity index (χ2n) is 5.63. The SMILES string of the molecule is O=C1Nc2c(Cl)cc(Cl)cc2C1CC1CCCCC1. The molecule has 0 aromatic heterocycles. The van der Waals surface area contributed by atoms with Gasteiger partial charge in [0, 0.05) is 5.02 Å². The van der Waals surface area contributed by atoms with Crippen LogP contribution in [0.2, 0.25) is 10.0 Å². The van der Waals surface area contributed by atoms with E-state index >= 15 is 0 Å². The Kier molecular flexibility index (Phi) is 3.72. The first-order valence-electron chi connectivity index (χ1n) is 6.95. The fraction of sp³-hybridized carbons (Fsp3) is 0.533. The van der Waals surface area contributed by atoms with Crippen molar-refractivity contribution in [1.82, 2.24) is 0 Å². The number of hydrogen-bond donors (Lipinski definition) is 1. The molecule has 1 atom stereocenters. The minimum Gasteiger partial charge on any atom is -0.324 e. The molecule has 2 aliphatic rings. The maximum absolute atomic E-state index is 12.2. The smallest absolute Gasteiger partial charge is 0.232 e. The van der Waals surface area contributed by atoms with Gasteiger partial charge in [-0.3, -0.25) is 4.79 Å². The van der Waals surface area contributed by atoms with E-state index in [1.165, 1.54) is 32.1 Å². The van der Waals surface area contributed by atoms with Gasteiger partial charge < -0.3 is 5.32 Å². The lowest BCUT2D eigenvalue weighted by molar-refractivity contribution is -0.117. The van der Waals surface area contributed by atoms with Crippen LogP contribution in [0.4, 0.5) is 5.69 Å². The van der Waals surface area contributed by atoms with Crippen molar-refractivity contribution < 1.29 is 4.79 Å². The molecule has 1 heterocycles. The van der Waals surface area contributed by atoms with Crippen LogP contribution in [0.3, 0.4) is 0 Å². The lowest BCUT2D eigenvalue weighted by Crippen LogP contribution is -2.17. The third-order valence-electron chi connectivity index (χ3n) is 4.32. The number of carbonyl (C=O) groups is 1. The largest absolute Gasteiger partial charge is 0.324 e. The lowest BCUT2D eigenvalue weighted by atomic mass is 9.81. The van der Waals surface area contributed by atoms with E-state index in [0.29, 0.717) is 16.0 Å². The molecular weight excluding hydrogens is 281 g/mol. The highest BCUT2D eigenvalue weighted by molar-refractivity contribution is 6.37. The van der Waals surface area contributed by atoms with E-state index in [4.69, 9.17) is 23.2 Å². The molecule has 1 N–H and O–H groups in total. The number of anilines is 1. The van der Waals surface area contributed by atoms with E-state index < -0.39 is 0 Å². The van der Waals surface area contributed by atoms with Gasteiger partial charge in [0.25, 0.3) is 0 Å². The molecule has 1 saturated carbocycles. The molecule has 1 aliphatic heterocycles. The van der Waals surface area contributed by atoms with Crippen LogP contribution >= 0.6 is 23.2 Å². The third-order valence-corrected chi connectivity index (χ3v) is 4.84. The highest BCUT2D eigenvalue weighted by Crippen LogP contribution is 2.44. The van der Waals surface area contributed by atoms with Gasteiger partial charge in [0.05, 0.1) is 16.6 Å². The number of amides is 1. The molecule has 1 unspecified atom stereocenters. The van der Waals surface area contributed by atoms with E-state index in [2.05, 4.69) is 5.32 Å². The summed E-state index contributed by atoms with van der Waals surface area (Å²) in [6.07, 6.45) is 7.34. The lowest BCUT2D eigenvalue weighted by Gasteiger charge is -2.23. The number of hydrogen-bond acceptors (Lipinski definition) is 1. The van der Waals surface area contributed by atoms with E-state index in [1.807, 2.05) is 6.07 Å². The summed E-state index contributed by atoms with van der Waals surface area (Å²) in [5.74, 6) is 0.659. The van der Waals surface area contributed by atoms with Gasteiger partial charge in [-0.15, -0.1) is 0 Å². The number of halogens is 2. The molecule has 0 radical (unpaired) electrons. The van der Waals surface area contributed by atoms with Gasteiger partial charge in [-0.25, -0.2) is 0 Å². The summed E-state index contributed by atoms with van der Waals surface area (Å²) in [5.41, 5.74) is 1.74. The Morgan fingerprint density at radius 1 is 1.16 bits per heavy atom. The molecule has 1 fully saturated rings. The predicted octanol–water partition coefficient (Wildman–Crippen LogP) is 5.00. The highest BCUT2D eigenvalue weighted by atomic mass is 35.5. The quantitative estimate of drug-likeness (QED) is 0.818. The molecule has 1 aromatic rings. The van der Waals surface area contributed by atoms with Gasteiger partial charge in [0.2, 0.25) is 5.91 Å². The van der Waals surface area contributed by atoms with Crippen molar-refractivity contribution in [2.24, 2.45) is 5.92 Å². The van der Waals surface area contributed by atoms with E-state index in [-0.39, 0.29) is 11.8 Å². The first-order valence-corrected chi connectivity index (χ1v) is 7.70. The van der Waals surface area contributed by atoms with Crippen LogP contribution in [0, 0.1) is 5.92 Å². The van der Waals surface area contributed by atoms with Crippen LogP contribution in [0.15, 0.2) is 12.1 Å². The van der Waals surface area contributed by atoms with Crippen LogP contribution in [0.5, 0.6) is 0 Å². The minimum absolute atomic E-state index is 0.0738. The van der Waals surface area contributed by atoms with Gasteiger partial charge >= 0.3 is 0 Å². The van der Waals surface area contributed by atoms with Crippen molar-refractivity contribution in [3.05, 3.63) is 27.7 Å². The van der Waals surface area contributed by atoms with Crippen LogP contribution < -0.4 is 5.32 Å². The van der Waals surface area contributed by atoms with Crippen molar-refractivity contribution in [3.63, 3.8) is 0 Å². The third kappa shape index (κ3) is 2.61. The second-order valence-corrected chi connectivity index (χ2v) is 6.48. The van der Waals surface area contributed by atoms with Crippen molar-refractivity contribution in [2.75, 3.05) is 5.32 Å². The Morgan fingerprint density at radius 3 is 2.63 bits per heavy atom. The summed E-state index contributed by atoms with van der Waals surface area (Å²) in [5, 5.41) is 4.05. The molecule has 19 heavy (non-hydrogen) atoms. The zero-order valence-electron chi connectivity index (χ0n) is 10.7. The number of benzene rings is 1. The fourth-order valence-electron chi connectivity index (χ4n) is 3.34. The molecule has 0 saturated heterocycles.